The Morgan fingerprint density at radius 1 is 1.50 bits per heavy atom. The van der Waals surface area contributed by atoms with E-state index in [9.17, 15) is 0 Å². The van der Waals surface area contributed by atoms with Crippen molar-refractivity contribution in [2.24, 2.45) is 0 Å². The maximum Gasteiger partial charge on any atom is 1.00 e. The van der Waals surface area contributed by atoms with Crippen molar-refractivity contribution in [1.29, 1.82) is 0 Å². The van der Waals surface area contributed by atoms with Crippen LogP contribution in [0.2, 0.25) is 0 Å². The largest absolute Gasteiger partial charge is 1.00 e. The van der Waals surface area contributed by atoms with Crippen LogP contribution in [0.4, 0.5) is 0 Å². The van der Waals surface area contributed by atoms with Crippen molar-refractivity contribution < 1.29 is 116 Å². The average molecular weight is 142 g/mol. The molecule has 0 radical (unpaired) electrons. The van der Waals surface area contributed by atoms with Crippen molar-refractivity contribution >= 4 is 6.29 Å². The summed E-state index contributed by atoms with van der Waals surface area (Å²) in [7, 11) is 0. The quantitative estimate of drug-likeness (QED) is 0.245. The minimum Gasteiger partial charge on any atom is -1.00 e. The van der Waals surface area contributed by atoms with Crippen LogP contribution in [0.3, 0.4) is 0 Å². The number of carbonyl (C=O) groups is 1. The van der Waals surface area contributed by atoms with Crippen molar-refractivity contribution in [1.82, 2.24) is 0 Å². The zero-order chi connectivity index (χ0) is 2.71. The van der Waals surface area contributed by atoms with Crippen LogP contribution in [-0.4, -0.2) is 11.8 Å². The topological polar surface area (TPSA) is 48.6 Å². The summed E-state index contributed by atoms with van der Waals surface area (Å²) in [6.07, 6.45) is 0.750. The van der Waals surface area contributed by atoms with E-state index < -0.39 is 0 Å². The molecule has 0 aromatic heterocycles. The molecule has 0 aromatic carbocycles. The van der Waals surface area contributed by atoms with Crippen LogP contribution >= 0.6 is 0 Å². The SMILES string of the molecule is CC=O.O.[H-].[H-].[K+].[K+]. The monoisotopic (exact) mass is 142 g/mol. The molecule has 2 N–H and O–H groups in total. The van der Waals surface area contributed by atoms with Gasteiger partial charge in [0, 0.05) is 0 Å². The summed E-state index contributed by atoms with van der Waals surface area (Å²) in [5.74, 6) is 0. The van der Waals surface area contributed by atoms with E-state index in [4.69, 9.17) is 4.79 Å². The van der Waals surface area contributed by atoms with Crippen LogP contribution in [0, 0.1) is 0 Å². The van der Waals surface area contributed by atoms with Gasteiger partial charge in [0.25, 0.3) is 0 Å². The van der Waals surface area contributed by atoms with Gasteiger partial charge in [0.05, 0.1) is 0 Å². The van der Waals surface area contributed by atoms with Crippen LogP contribution < -0.4 is 103 Å². The van der Waals surface area contributed by atoms with Crippen LogP contribution in [0.15, 0.2) is 0 Å². The van der Waals surface area contributed by atoms with E-state index in [1.54, 1.807) is 0 Å². The van der Waals surface area contributed by atoms with Crippen molar-refractivity contribution in [2.75, 3.05) is 0 Å². The molecule has 0 saturated carbocycles. The van der Waals surface area contributed by atoms with Gasteiger partial charge in [-0.05, 0) is 6.92 Å². The van der Waals surface area contributed by atoms with Gasteiger partial charge >= 0.3 is 103 Å². The van der Waals surface area contributed by atoms with Crippen molar-refractivity contribution in [3.05, 3.63) is 0 Å². The van der Waals surface area contributed by atoms with Gasteiger partial charge in [-0.3, -0.25) is 0 Å². The van der Waals surface area contributed by atoms with E-state index in [1.165, 1.54) is 6.92 Å². The number of aldehydes is 1. The number of rotatable bonds is 0. The molecule has 0 fully saturated rings. The Labute approximate surface area is 126 Å². The van der Waals surface area contributed by atoms with Gasteiger partial charge in [0.2, 0.25) is 0 Å². The van der Waals surface area contributed by atoms with E-state index in [2.05, 4.69) is 0 Å². The Hall–Kier alpha value is 2.90. The van der Waals surface area contributed by atoms with Crippen LogP contribution in [0.1, 0.15) is 9.78 Å². The molecule has 0 heterocycles. The maximum atomic E-state index is 8.81. The molecule has 0 rings (SSSR count). The molecule has 0 bridgehead atoms. The first-order valence-electron chi connectivity index (χ1n) is 0.813. The summed E-state index contributed by atoms with van der Waals surface area (Å²) < 4.78 is 0. The molecule has 30 valence electrons. The van der Waals surface area contributed by atoms with E-state index in [0.717, 1.165) is 6.29 Å². The second kappa shape index (κ2) is 24.7. The Balaban J connectivity index is -0.00000000200. The third-order valence-corrected chi connectivity index (χ3v) is 0. The normalized spacial score (nSPS) is 2.17. The van der Waals surface area contributed by atoms with Gasteiger partial charge in [-0.15, -0.1) is 0 Å². The first-order valence-corrected chi connectivity index (χ1v) is 0.813. The second-order valence-corrected chi connectivity index (χ2v) is 0.236. The van der Waals surface area contributed by atoms with Gasteiger partial charge in [-0.1, -0.05) is 0 Å². The summed E-state index contributed by atoms with van der Waals surface area (Å²) in [6, 6.07) is 0. The third-order valence-electron chi connectivity index (χ3n) is 0. The Bertz CT molecular complexity index is 23.5. The van der Waals surface area contributed by atoms with Crippen molar-refractivity contribution in [3.8, 4) is 0 Å². The minimum atomic E-state index is 0. The molecule has 0 atom stereocenters. The average Bonchev–Trinajstić information content (AvgIpc) is 0.918. The Kier molecular flexibility index (Phi) is 95.3. The molecule has 0 aliphatic heterocycles. The molecule has 6 heavy (non-hydrogen) atoms. The molecular weight excluding hydrogens is 134 g/mol. The second-order valence-electron chi connectivity index (χ2n) is 0.236. The molecule has 4 heteroatoms. The van der Waals surface area contributed by atoms with Gasteiger partial charge in [-0.25, -0.2) is 0 Å². The van der Waals surface area contributed by atoms with Crippen LogP contribution in [0.25, 0.3) is 0 Å². The first-order chi connectivity index (χ1) is 1.41. The fourth-order valence-electron chi connectivity index (χ4n) is 0. The molecule has 0 aliphatic rings. The molecule has 0 saturated heterocycles. The molecular formula is C2H8K2O2. The van der Waals surface area contributed by atoms with Crippen LogP contribution in [0.5, 0.6) is 0 Å². The molecule has 0 amide bonds. The first kappa shape index (κ1) is 23.1. The summed E-state index contributed by atoms with van der Waals surface area (Å²) in [5.41, 5.74) is 0. The zero-order valence-electron chi connectivity index (χ0n) is 6.49. The molecule has 0 unspecified atom stereocenters. The van der Waals surface area contributed by atoms with Crippen molar-refractivity contribution in [2.45, 2.75) is 6.92 Å². The van der Waals surface area contributed by atoms with Crippen LogP contribution in [-0.2, 0) is 4.79 Å². The molecule has 0 spiro atoms. The number of hydrogen-bond acceptors (Lipinski definition) is 1. The van der Waals surface area contributed by atoms with Crippen molar-refractivity contribution in [3.63, 3.8) is 0 Å². The summed E-state index contributed by atoms with van der Waals surface area (Å²) in [5, 5.41) is 0. The maximum absolute atomic E-state index is 8.81. The van der Waals surface area contributed by atoms with Gasteiger partial charge in [0.1, 0.15) is 6.29 Å². The van der Waals surface area contributed by atoms with E-state index in [-0.39, 0.29) is 111 Å². The molecule has 0 aromatic rings. The van der Waals surface area contributed by atoms with E-state index in [0.29, 0.717) is 0 Å². The fourth-order valence-corrected chi connectivity index (χ4v) is 0. The summed E-state index contributed by atoms with van der Waals surface area (Å²) in [6.45, 7) is 1.44. The zero-order valence-corrected chi connectivity index (χ0v) is 10.7. The summed E-state index contributed by atoms with van der Waals surface area (Å²) in [4.78, 5) is 8.81. The molecule has 0 aliphatic carbocycles. The predicted molar refractivity (Wildman–Crippen MR) is 17.6 cm³/mol. The van der Waals surface area contributed by atoms with Gasteiger partial charge < -0.3 is 13.1 Å². The minimum absolute atomic E-state index is 0. The summed E-state index contributed by atoms with van der Waals surface area (Å²) >= 11 is 0. The van der Waals surface area contributed by atoms with Gasteiger partial charge in [-0.2, -0.15) is 0 Å². The smallest absolute Gasteiger partial charge is 1.00 e. The Morgan fingerprint density at radius 3 is 1.50 bits per heavy atom. The third kappa shape index (κ3) is 28.5. The predicted octanol–water partition coefficient (Wildman–Crippen LogP) is -6.39. The molecule has 2 nitrogen and oxygen atoms in total. The number of hydrogen-bond donors (Lipinski definition) is 0. The number of carbonyl (C=O) groups excluding carboxylic acids is 1. The van der Waals surface area contributed by atoms with Gasteiger partial charge in [0.15, 0.2) is 0 Å². The Morgan fingerprint density at radius 2 is 1.50 bits per heavy atom. The standard InChI is InChI=1S/C2H4O.2K.H2O.2H/c1-2-3;;;;;/h2H,1H3;;;1H2;;/q;2*+1;;2*-1. The fraction of sp³-hybridized carbons (Fsp3) is 0.500. The van der Waals surface area contributed by atoms with E-state index in [1.807, 2.05) is 0 Å². The van der Waals surface area contributed by atoms with E-state index >= 15 is 0 Å².